The van der Waals surface area contributed by atoms with Gasteiger partial charge in [0, 0.05) is 99.6 Å². The summed E-state index contributed by atoms with van der Waals surface area (Å²) in [5, 5.41) is 4.77. The molecule has 1 N–H and O–H groups in total. The predicted octanol–water partition coefficient (Wildman–Crippen LogP) is 5.34. The first kappa shape index (κ1) is 32.9. The highest BCUT2D eigenvalue weighted by Crippen LogP contribution is 2.38. The quantitative estimate of drug-likeness (QED) is 0.224. The number of methoxy groups -OCH3 is 1. The number of carbonyl (C=O) groups is 2. The van der Waals surface area contributed by atoms with Crippen LogP contribution in [-0.4, -0.2) is 92.7 Å². The number of rotatable bonds is 9. The number of fused-ring (bicyclic) bond motifs is 1. The molecule has 0 aliphatic carbocycles. The van der Waals surface area contributed by atoms with Crippen molar-refractivity contribution in [3.8, 4) is 16.9 Å². The highest BCUT2D eigenvalue weighted by atomic mass is 19.1. The lowest BCUT2D eigenvalue weighted by Crippen LogP contribution is -2.49. The van der Waals surface area contributed by atoms with Gasteiger partial charge in [0.2, 0.25) is 5.91 Å². The molecule has 11 nitrogen and oxygen atoms in total. The number of benzene rings is 1. The Labute approximate surface area is 288 Å². The average Bonchev–Trinajstić information content (AvgIpc) is 3.85. The van der Waals surface area contributed by atoms with Crippen LogP contribution in [-0.2, 0) is 17.8 Å². The normalized spacial score (nSPS) is 15.0. The number of hydrogen-bond donors (Lipinski definition) is 1. The van der Waals surface area contributed by atoms with Crippen molar-refractivity contribution in [2.75, 3.05) is 51.3 Å². The van der Waals surface area contributed by atoms with Crippen LogP contribution in [0, 0.1) is 11.6 Å². The zero-order valence-electron chi connectivity index (χ0n) is 28.0. The number of aromatic nitrogens is 5. The van der Waals surface area contributed by atoms with E-state index in [9.17, 15) is 14.0 Å². The van der Waals surface area contributed by atoms with E-state index in [-0.39, 0.29) is 29.6 Å². The van der Waals surface area contributed by atoms with Crippen molar-refractivity contribution < 1.29 is 23.1 Å². The molecule has 0 bridgehead atoms. The molecule has 2 aliphatic heterocycles. The lowest BCUT2D eigenvalue weighted by molar-refractivity contribution is -0.131. The van der Waals surface area contributed by atoms with Gasteiger partial charge >= 0.3 is 0 Å². The molecule has 0 saturated carbocycles. The van der Waals surface area contributed by atoms with Crippen molar-refractivity contribution in [1.29, 1.82) is 0 Å². The number of amides is 2. The number of carbonyl (C=O) groups excluding carboxylic acids is 2. The molecule has 2 aliphatic rings. The van der Waals surface area contributed by atoms with Crippen LogP contribution in [0.4, 0.5) is 14.6 Å². The maximum atomic E-state index is 16.7. The van der Waals surface area contributed by atoms with Crippen molar-refractivity contribution in [2.45, 2.75) is 32.7 Å². The number of ether oxygens (including phenoxy) is 1. The summed E-state index contributed by atoms with van der Waals surface area (Å²) in [7, 11) is 1.47. The molecule has 7 rings (SSSR count). The number of aromatic amines is 1. The minimum absolute atomic E-state index is 0.0187. The number of aryl methyl sites for hydroxylation is 2. The molecule has 0 spiro atoms. The number of halogens is 2. The van der Waals surface area contributed by atoms with Gasteiger partial charge in [-0.05, 0) is 53.8 Å². The lowest BCUT2D eigenvalue weighted by atomic mass is 9.91. The molecule has 1 aromatic carbocycles. The Bertz CT molecular complexity index is 2070. The first-order valence-corrected chi connectivity index (χ1v) is 16.8. The van der Waals surface area contributed by atoms with E-state index in [1.54, 1.807) is 39.1 Å². The summed E-state index contributed by atoms with van der Waals surface area (Å²) in [6, 6.07) is 8.62. The predicted molar refractivity (Wildman–Crippen MR) is 186 cm³/mol. The highest BCUT2D eigenvalue weighted by Gasteiger charge is 2.29. The van der Waals surface area contributed by atoms with Gasteiger partial charge in [0.05, 0.1) is 18.8 Å². The van der Waals surface area contributed by atoms with E-state index in [2.05, 4.69) is 27.0 Å². The van der Waals surface area contributed by atoms with E-state index in [0.29, 0.717) is 74.6 Å². The number of piperazine rings is 1. The van der Waals surface area contributed by atoms with E-state index in [1.807, 2.05) is 35.4 Å². The smallest absolute Gasteiger partial charge is 0.270 e. The van der Waals surface area contributed by atoms with Gasteiger partial charge in [0.1, 0.15) is 11.5 Å². The Hall–Kier alpha value is -5.59. The minimum atomic E-state index is -0.489. The molecule has 6 heterocycles. The monoisotopic (exact) mass is 680 g/mol. The fourth-order valence-electron chi connectivity index (χ4n) is 6.85. The summed E-state index contributed by atoms with van der Waals surface area (Å²) in [6.07, 6.45) is 11.8. The van der Waals surface area contributed by atoms with Crippen LogP contribution in [0.1, 0.15) is 41.4 Å². The summed E-state index contributed by atoms with van der Waals surface area (Å²) >= 11 is 0. The largest absolute Gasteiger partial charge is 0.493 e. The molecule has 5 aromatic rings. The van der Waals surface area contributed by atoms with Gasteiger partial charge in [-0.1, -0.05) is 13.0 Å². The summed E-state index contributed by atoms with van der Waals surface area (Å²) < 4.78 is 37.5. The van der Waals surface area contributed by atoms with Crippen molar-refractivity contribution in [2.24, 2.45) is 0 Å². The molecular weight excluding hydrogens is 642 g/mol. The van der Waals surface area contributed by atoms with Gasteiger partial charge < -0.3 is 24.4 Å². The Morgan fingerprint density at radius 2 is 1.82 bits per heavy atom. The molecule has 1 fully saturated rings. The molecule has 1 saturated heterocycles. The van der Waals surface area contributed by atoms with Gasteiger partial charge in [-0.25, -0.2) is 13.8 Å². The lowest BCUT2D eigenvalue weighted by Gasteiger charge is -2.35. The van der Waals surface area contributed by atoms with E-state index in [1.165, 1.54) is 13.2 Å². The zero-order chi connectivity index (χ0) is 34.8. The number of nitrogens with zero attached hydrogens (tertiary/aromatic N) is 7. The minimum Gasteiger partial charge on any atom is -0.493 e. The van der Waals surface area contributed by atoms with Crippen LogP contribution in [0.15, 0.2) is 67.4 Å². The van der Waals surface area contributed by atoms with E-state index in [0.717, 1.165) is 34.9 Å². The Morgan fingerprint density at radius 3 is 2.58 bits per heavy atom. The molecule has 258 valence electrons. The first-order valence-electron chi connectivity index (χ1n) is 16.8. The van der Waals surface area contributed by atoms with Crippen LogP contribution >= 0.6 is 0 Å². The van der Waals surface area contributed by atoms with Gasteiger partial charge in [0.15, 0.2) is 17.4 Å². The zero-order valence-corrected chi connectivity index (χ0v) is 28.0. The van der Waals surface area contributed by atoms with E-state index < -0.39 is 11.6 Å². The number of pyridine rings is 2. The second kappa shape index (κ2) is 14.1. The highest BCUT2D eigenvalue weighted by molar-refractivity contribution is 6.05. The fourth-order valence-corrected chi connectivity index (χ4v) is 6.85. The number of anilines is 1. The van der Waals surface area contributed by atoms with Crippen LogP contribution in [0.2, 0.25) is 0 Å². The molecule has 0 unspecified atom stereocenters. The SMILES string of the molecule is CCc1ccncc1-c1cc(C2=CCCN(C(=O)CCn3cccn3)C2)c(F)c2[nH]c(C(=O)N3CCN(c4ncc(F)cc4OC)CC3)cc12. The van der Waals surface area contributed by atoms with Crippen LogP contribution in [0.5, 0.6) is 5.75 Å². The van der Waals surface area contributed by atoms with Crippen LogP contribution < -0.4 is 9.64 Å². The third-order valence-corrected chi connectivity index (χ3v) is 9.51. The third kappa shape index (κ3) is 6.42. The third-order valence-electron chi connectivity index (χ3n) is 9.51. The Kier molecular flexibility index (Phi) is 9.29. The summed E-state index contributed by atoms with van der Waals surface area (Å²) in [4.78, 5) is 44.3. The molecule has 2 amide bonds. The molecule has 50 heavy (non-hydrogen) atoms. The molecule has 4 aromatic heterocycles. The second-order valence-electron chi connectivity index (χ2n) is 12.5. The van der Waals surface area contributed by atoms with Crippen molar-refractivity contribution >= 4 is 34.1 Å². The fraction of sp³-hybridized carbons (Fsp3) is 0.324. The van der Waals surface area contributed by atoms with Gasteiger partial charge in [-0.2, -0.15) is 5.10 Å². The average molecular weight is 681 g/mol. The van der Waals surface area contributed by atoms with Crippen molar-refractivity contribution in [3.63, 3.8) is 0 Å². The van der Waals surface area contributed by atoms with Crippen LogP contribution in [0.25, 0.3) is 27.6 Å². The summed E-state index contributed by atoms with van der Waals surface area (Å²) in [6.45, 7) is 5.06. The van der Waals surface area contributed by atoms with E-state index >= 15 is 4.39 Å². The summed E-state index contributed by atoms with van der Waals surface area (Å²) in [5.74, 6) is -0.382. The summed E-state index contributed by atoms with van der Waals surface area (Å²) in [5.41, 5.74) is 4.28. The Balaban J connectivity index is 1.18. The second-order valence-corrected chi connectivity index (χ2v) is 12.5. The van der Waals surface area contributed by atoms with Crippen molar-refractivity contribution in [1.82, 2.24) is 34.5 Å². The van der Waals surface area contributed by atoms with E-state index in [4.69, 9.17) is 4.74 Å². The molecule has 0 radical (unpaired) electrons. The Morgan fingerprint density at radius 1 is 0.980 bits per heavy atom. The number of H-pyrrole nitrogens is 1. The first-order chi connectivity index (χ1) is 24.3. The maximum absolute atomic E-state index is 16.7. The van der Waals surface area contributed by atoms with Gasteiger partial charge in [-0.3, -0.25) is 19.3 Å². The number of nitrogens with one attached hydrogen (secondary N) is 1. The topological polar surface area (TPSA) is 112 Å². The standard InChI is InChI=1S/C37H38F2N8O3/c1-3-24-7-10-40-22-30(24)28-19-27(25-6-4-11-46(23-25)33(48)8-13-47-12-5-9-42-47)34(39)35-29(28)20-31(43-35)37(49)45-16-14-44(15-17-45)36-32(50-2)18-26(38)21-41-36/h5-7,9-10,12,18-22,43H,3-4,8,11,13-17,23H2,1-2H3. The molecule has 0 atom stereocenters. The number of hydrogen-bond acceptors (Lipinski definition) is 7. The van der Waals surface area contributed by atoms with Gasteiger partial charge in [-0.15, -0.1) is 0 Å². The molecule has 13 heteroatoms. The maximum Gasteiger partial charge on any atom is 0.270 e. The van der Waals surface area contributed by atoms with Crippen LogP contribution in [0.3, 0.4) is 0 Å². The van der Waals surface area contributed by atoms with Gasteiger partial charge in [0.25, 0.3) is 5.91 Å². The molecular formula is C37H38F2N8O3. The van der Waals surface area contributed by atoms with Crippen molar-refractivity contribution in [3.05, 3.63) is 95.8 Å².